The van der Waals surface area contributed by atoms with Gasteiger partial charge in [0.15, 0.2) is 5.82 Å². The van der Waals surface area contributed by atoms with Crippen LogP contribution in [0, 0.1) is 0 Å². The van der Waals surface area contributed by atoms with Crippen LogP contribution in [0.25, 0.3) is 0 Å². The van der Waals surface area contributed by atoms with E-state index in [-0.39, 0.29) is 5.56 Å². The number of piperidine rings is 1. The van der Waals surface area contributed by atoms with E-state index in [0.29, 0.717) is 17.8 Å². The van der Waals surface area contributed by atoms with E-state index in [4.69, 9.17) is 0 Å². The molecule has 0 saturated carbocycles. The van der Waals surface area contributed by atoms with E-state index in [1.165, 1.54) is 0 Å². The minimum Gasteiger partial charge on any atom is -0.363 e. The summed E-state index contributed by atoms with van der Waals surface area (Å²) in [5, 5.41) is 6.51. The molecule has 5 heteroatoms. The number of aromatic nitrogens is 2. The quantitative estimate of drug-likeness (QED) is 0.734. The highest BCUT2D eigenvalue weighted by Gasteiger charge is 2.14. The Bertz CT molecular complexity index is 421. The van der Waals surface area contributed by atoms with E-state index in [0.717, 1.165) is 31.6 Å². The Morgan fingerprint density at radius 3 is 2.71 bits per heavy atom. The van der Waals surface area contributed by atoms with E-state index in [9.17, 15) is 4.79 Å². The van der Waals surface area contributed by atoms with E-state index >= 15 is 0 Å². The van der Waals surface area contributed by atoms with Crippen molar-refractivity contribution in [2.24, 2.45) is 0 Å². The summed E-state index contributed by atoms with van der Waals surface area (Å²) in [6.07, 6.45) is 3.82. The average Bonchev–Trinajstić information content (AvgIpc) is 2.33. The van der Waals surface area contributed by atoms with Crippen molar-refractivity contribution < 1.29 is 0 Å². The molecule has 0 unspecified atom stereocenters. The third-order valence-electron chi connectivity index (χ3n) is 3.11. The van der Waals surface area contributed by atoms with Crippen molar-refractivity contribution in [3.05, 3.63) is 22.2 Å². The van der Waals surface area contributed by atoms with Gasteiger partial charge in [0.25, 0.3) is 5.56 Å². The normalized spacial score (nSPS) is 17.4. The maximum Gasteiger partial charge on any atom is 0.290 e. The molecule has 2 rings (SSSR count). The summed E-state index contributed by atoms with van der Waals surface area (Å²) in [4.78, 5) is 18.9. The largest absolute Gasteiger partial charge is 0.363 e. The number of anilines is 1. The number of H-pyrrole nitrogens is 1. The summed E-state index contributed by atoms with van der Waals surface area (Å²) in [5.41, 5.74) is 0.764. The van der Waals surface area contributed by atoms with Crippen LogP contribution in [0.5, 0.6) is 0 Å². The lowest BCUT2D eigenvalue weighted by atomic mass is 10.1. The molecule has 0 aromatic carbocycles. The number of aromatic amines is 1. The standard InChI is InChI=1S/C12H20N4O/c1-8(2)10-7-14-11(12(17)16-10)15-9-3-5-13-6-4-9/h7-9,13H,3-6H2,1-2H3,(H,14,15)(H,16,17). The maximum absolute atomic E-state index is 11.8. The molecular weight excluding hydrogens is 216 g/mol. The highest BCUT2D eigenvalue weighted by Crippen LogP contribution is 2.10. The van der Waals surface area contributed by atoms with Crippen molar-refractivity contribution in [1.29, 1.82) is 0 Å². The fourth-order valence-corrected chi connectivity index (χ4v) is 1.97. The first kappa shape index (κ1) is 12.1. The lowest BCUT2D eigenvalue weighted by molar-refractivity contribution is 0.477. The Labute approximate surface area is 101 Å². The zero-order chi connectivity index (χ0) is 12.3. The van der Waals surface area contributed by atoms with Gasteiger partial charge in [-0.1, -0.05) is 13.8 Å². The van der Waals surface area contributed by atoms with Gasteiger partial charge in [0.2, 0.25) is 0 Å². The van der Waals surface area contributed by atoms with Crippen LogP contribution in [-0.2, 0) is 0 Å². The molecule has 1 aromatic heterocycles. The van der Waals surface area contributed by atoms with Gasteiger partial charge in [0.1, 0.15) is 0 Å². The minimum atomic E-state index is -0.116. The van der Waals surface area contributed by atoms with Gasteiger partial charge in [-0.25, -0.2) is 4.98 Å². The number of rotatable bonds is 3. The van der Waals surface area contributed by atoms with Gasteiger partial charge in [-0.15, -0.1) is 0 Å². The van der Waals surface area contributed by atoms with Gasteiger partial charge < -0.3 is 15.6 Å². The molecule has 0 amide bonds. The van der Waals surface area contributed by atoms with Gasteiger partial charge in [0, 0.05) is 17.9 Å². The highest BCUT2D eigenvalue weighted by atomic mass is 16.1. The highest BCUT2D eigenvalue weighted by molar-refractivity contribution is 5.33. The third-order valence-corrected chi connectivity index (χ3v) is 3.11. The Hall–Kier alpha value is -1.36. The van der Waals surface area contributed by atoms with Crippen LogP contribution in [0.2, 0.25) is 0 Å². The molecule has 0 radical (unpaired) electrons. The maximum atomic E-state index is 11.8. The second-order valence-corrected chi connectivity index (χ2v) is 4.84. The second kappa shape index (κ2) is 5.31. The van der Waals surface area contributed by atoms with Crippen LogP contribution < -0.4 is 16.2 Å². The predicted molar refractivity (Wildman–Crippen MR) is 68.5 cm³/mol. The number of hydrogen-bond acceptors (Lipinski definition) is 4. The molecule has 1 aliphatic heterocycles. The Kier molecular flexibility index (Phi) is 3.78. The molecule has 0 spiro atoms. The van der Waals surface area contributed by atoms with E-state index in [1.807, 2.05) is 13.8 Å². The van der Waals surface area contributed by atoms with E-state index in [2.05, 4.69) is 20.6 Å². The summed E-state index contributed by atoms with van der Waals surface area (Å²) in [7, 11) is 0. The Balaban J connectivity index is 2.08. The second-order valence-electron chi connectivity index (χ2n) is 4.84. The molecule has 1 fully saturated rings. The SMILES string of the molecule is CC(C)c1cnc(NC2CCNCC2)c(=O)[nH]1. The van der Waals surface area contributed by atoms with Crippen LogP contribution >= 0.6 is 0 Å². The molecule has 0 atom stereocenters. The smallest absolute Gasteiger partial charge is 0.290 e. The Morgan fingerprint density at radius 1 is 1.41 bits per heavy atom. The lowest BCUT2D eigenvalue weighted by Gasteiger charge is -2.23. The van der Waals surface area contributed by atoms with Gasteiger partial charge in [-0.2, -0.15) is 0 Å². The summed E-state index contributed by atoms with van der Waals surface area (Å²) in [5.74, 6) is 0.740. The van der Waals surface area contributed by atoms with Crippen molar-refractivity contribution in [3.63, 3.8) is 0 Å². The van der Waals surface area contributed by atoms with E-state index in [1.54, 1.807) is 6.20 Å². The molecule has 94 valence electrons. The molecule has 1 saturated heterocycles. The van der Waals surface area contributed by atoms with Crippen LogP contribution in [0.3, 0.4) is 0 Å². The molecular formula is C12H20N4O. The van der Waals surface area contributed by atoms with Crippen LogP contribution in [0.1, 0.15) is 38.3 Å². The van der Waals surface area contributed by atoms with Gasteiger partial charge in [-0.3, -0.25) is 4.79 Å². The number of nitrogens with one attached hydrogen (secondary N) is 3. The summed E-state index contributed by atoms with van der Waals surface area (Å²) < 4.78 is 0. The van der Waals surface area contributed by atoms with Crippen LogP contribution in [-0.4, -0.2) is 29.1 Å². The monoisotopic (exact) mass is 236 g/mol. The zero-order valence-electron chi connectivity index (χ0n) is 10.4. The molecule has 0 aliphatic carbocycles. The fraction of sp³-hybridized carbons (Fsp3) is 0.667. The van der Waals surface area contributed by atoms with Gasteiger partial charge >= 0.3 is 0 Å². The molecule has 17 heavy (non-hydrogen) atoms. The number of hydrogen-bond donors (Lipinski definition) is 3. The minimum absolute atomic E-state index is 0.116. The molecule has 3 N–H and O–H groups in total. The average molecular weight is 236 g/mol. The zero-order valence-corrected chi connectivity index (χ0v) is 10.4. The lowest BCUT2D eigenvalue weighted by Crippen LogP contribution is -2.37. The van der Waals surface area contributed by atoms with Crippen LogP contribution in [0.4, 0.5) is 5.82 Å². The first-order valence-corrected chi connectivity index (χ1v) is 6.23. The van der Waals surface area contributed by atoms with E-state index < -0.39 is 0 Å². The van der Waals surface area contributed by atoms with Gasteiger partial charge in [0.05, 0.1) is 0 Å². The van der Waals surface area contributed by atoms with Crippen molar-refractivity contribution in [2.45, 2.75) is 38.6 Å². The van der Waals surface area contributed by atoms with Crippen molar-refractivity contribution in [3.8, 4) is 0 Å². The predicted octanol–water partition coefficient (Wildman–Crippen LogP) is 1.06. The van der Waals surface area contributed by atoms with Crippen LogP contribution in [0.15, 0.2) is 11.0 Å². The molecule has 5 nitrogen and oxygen atoms in total. The molecule has 2 heterocycles. The molecule has 1 aliphatic rings. The summed E-state index contributed by atoms with van der Waals surface area (Å²) >= 11 is 0. The fourth-order valence-electron chi connectivity index (χ4n) is 1.97. The molecule has 1 aromatic rings. The number of nitrogens with zero attached hydrogens (tertiary/aromatic N) is 1. The van der Waals surface area contributed by atoms with Gasteiger partial charge in [-0.05, 0) is 31.8 Å². The topological polar surface area (TPSA) is 69.8 Å². The van der Waals surface area contributed by atoms with Crippen molar-refractivity contribution in [1.82, 2.24) is 15.3 Å². The Morgan fingerprint density at radius 2 is 2.12 bits per heavy atom. The van der Waals surface area contributed by atoms with Crippen molar-refractivity contribution in [2.75, 3.05) is 18.4 Å². The summed E-state index contributed by atoms with van der Waals surface area (Å²) in [6, 6.07) is 0.356. The van der Waals surface area contributed by atoms with Crippen molar-refractivity contribution >= 4 is 5.82 Å². The molecule has 0 bridgehead atoms. The summed E-state index contributed by atoms with van der Waals surface area (Å²) in [6.45, 7) is 6.07. The first-order valence-electron chi connectivity index (χ1n) is 6.23. The third kappa shape index (κ3) is 3.06. The first-order chi connectivity index (χ1) is 8.16.